The number of aromatic nitrogens is 1. The van der Waals surface area contributed by atoms with E-state index in [1.54, 1.807) is 30.3 Å². The molecule has 8 nitrogen and oxygen atoms in total. The summed E-state index contributed by atoms with van der Waals surface area (Å²) in [5.74, 6) is 0.940. The molecule has 0 aliphatic rings. The van der Waals surface area contributed by atoms with Gasteiger partial charge in [0.2, 0.25) is 0 Å². The summed E-state index contributed by atoms with van der Waals surface area (Å²) < 4.78 is 10.8. The number of anilines is 1. The molecule has 27 heavy (non-hydrogen) atoms. The molecular weight excluding hydrogens is 350 g/mol. The number of nitrogens with zero attached hydrogens (tertiary/aromatic N) is 2. The van der Waals surface area contributed by atoms with Crippen molar-refractivity contribution in [3.05, 3.63) is 81.2 Å². The van der Waals surface area contributed by atoms with Crippen molar-refractivity contribution in [3.63, 3.8) is 0 Å². The lowest BCUT2D eigenvalue weighted by atomic mass is 10.2. The summed E-state index contributed by atoms with van der Waals surface area (Å²) in [7, 11) is 0. The smallest absolute Gasteiger partial charge is 0.271 e. The van der Waals surface area contributed by atoms with Crippen LogP contribution in [0.15, 0.2) is 53.1 Å². The van der Waals surface area contributed by atoms with Crippen LogP contribution in [0.5, 0.6) is 5.75 Å². The summed E-state index contributed by atoms with van der Waals surface area (Å²) in [5.41, 5.74) is 2.35. The van der Waals surface area contributed by atoms with Gasteiger partial charge < -0.3 is 14.6 Å². The Morgan fingerprint density at radius 2 is 1.96 bits per heavy atom. The summed E-state index contributed by atoms with van der Waals surface area (Å²) in [6.07, 6.45) is 0. The predicted molar refractivity (Wildman–Crippen MR) is 97.8 cm³/mol. The highest BCUT2D eigenvalue weighted by Gasteiger charge is 2.12. The maximum absolute atomic E-state index is 12.3. The van der Waals surface area contributed by atoms with Crippen LogP contribution in [0.25, 0.3) is 0 Å². The van der Waals surface area contributed by atoms with Crippen LogP contribution >= 0.6 is 0 Å². The third-order valence-electron chi connectivity index (χ3n) is 4.00. The molecule has 0 unspecified atom stereocenters. The Kier molecular flexibility index (Phi) is 5.16. The minimum atomic E-state index is -0.513. The van der Waals surface area contributed by atoms with E-state index >= 15 is 0 Å². The zero-order valence-corrected chi connectivity index (χ0v) is 14.8. The lowest BCUT2D eigenvalue weighted by molar-refractivity contribution is -0.384. The van der Waals surface area contributed by atoms with Gasteiger partial charge in [0.1, 0.15) is 18.1 Å². The number of nitro groups is 1. The van der Waals surface area contributed by atoms with Gasteiger partial charge in [-0.1, -0.05) is 11.2 Å². The second-order valence-corrected chi connectivity index (χ2v) is 5.88. The van der Waals surface area contributed by atoms with Gasteiger partial charge in [-0.05, 0) is 44.2 Å². The van der Waals surface area contributed by atoms with Crippen molar-refractivity contribution in [2.24, 2.45) is 0 Å². The second-order valence-electron chi connectivity index (χ2n) is 5.88. The molecule has 1 heterocycles. The first-order chi connectivity index (χ1) is 12.9. The molecule has 0 saturated heterocycles. The van der Waals surface area contributed by atoms with E-state index < -0.39 is 4.92 Å². The van der Waals surface area contributed by atoms with Crippen molar-refractivity contribution < 1.29 is 19.0 Å². The average molecular weight is 367 g/mol. The van der Waals surface area contributed by atoms with Gasteiger partial charge in [-0.2, -0.15) is 0 Å². The molecule has 0 spiro atoms. The van der Waals surface area contributed by atoms with Gasteiger partial charge in [0, 0.05) is 23.4 Å². The Balaban J connectivity index is 1.63. The van der Waals surface area contributed by atoms with Crippen LogP contribution in [-0.4, -0.2) is 16.0 Å². The van der Waals surface area contributed by atoms with Gasteiger partial charge in [-0.15, -0.1) is 0 Å². The van der Waals surface area contributed by atoms with Crippen molar-refractivity contribution in [2.45, 2.75) is 20.5 Å². The largest absolute Gasteiger partial charge is 0.489 e. The third kappa shape index (κ3) is 4.30. The SMILES string of the molecule is Cc1noc(C)c1COc1ccc(C(=O)Nc2cccc([N+](=O)[O-])c2)cc1. The van der Waals surface area contributed by atoms with Crippen LogP contribution in [0.2, 0.25) is 0 Å². The zero-order valence-electron chi connectivity index (χ0n) is 14.8. The van der Waals surface area contributed by atoms with Crippen LogP contribution in [-0.2, 0) is 6.61 Å². The zero-order chi connectivity index (χ0) is 19.4. The van der Waals surface area contributed by atoms with E-state index in [4.69, 9.17) is 9.26 Å². The van der Waals surface area contributed by atoms with Gasteiger partial charge in [0.15, 0.2) is 0 Å². The number of nitrogens with one attached hydrogen (secondary N) is 1. The number of aryl methyl sites for hydroxylation is 2. The van der Waals surface area contributed by atoms with E-state index in [1.165, 1.54) is 18.2 Å². The summed E-state index contributed by atoms with van der Waals surface area (Å²) in [6, 6.07) is 12.4. The first-order valence-electron chi connectivity index (χ1n) is 8.14. The van der Waals surface area contributed by atoms with Crippen LogP contribution in [0.4, 0.5) is 11.4 Å². The first kappa shape index (κ1) is 18.1. The average Bonchev–Trinajstić information content (AvgIpc) is 2.98. The Labute approximate surface area is 154 Å². The van der Waals surface area contributed by atoms with E-state index in [9.17, 15) is 14.9 Å². The van der Waals surface area contributed by atoms with E-state index in [0.29, 0.717) is 29.4 Å². The van der Waals surface area contributed by atoms with Gasteiger partial charge in [0.25, 0.3) is 11.6 Å². The molecular formula is C19H17N3O5. The monoisotopic (exact) mass is 367 g/mol. The number of amides is 1. The summed E-state index contributed by atoms with van der Waals surface area (Å²) in [5, 5.41) is 17.3. The fourth-order valence-electron chi connectivity index (χ4n) is 2.47. The van der Waals surface area contributed by atoms with E-state index in [2.05, 4.69) is 10.5 Å². The minimum Gasteiger partial charge on any atom is -0.489 e. The molecule has 3 aromatic rings. The van der Waals surface area contributed by atoms with Gasteiger partial charge >= 0.3 is 0 Å². The van der Waals surface area contributed by atoms with Gasteiger partial charge in [0.05, 0.1) is 16.2 Å². The number of rotatable bonds is 6. The quantitative estimate of drug-likeness (QED) is 0.520. The number of ether oxygens (including phenoxy) is 1. The molecule has 0 aliphatic heterocycles. The maximum atomic E-state index is 12.3. The summed E-state index contributed by atoms with van der Waals surface area (Å²) in [4.78, 5) is 22.6. The number of hydrogen-bond acceptors (Lipinski definition) is 6. The van der Waals surface area contributed by atoms with Crippen LogP contribution < -0.4 is 10.1 Å². The van der Waals surface area contributed by atoms with Crippen molar-refractivity contribution in [2.75, 3.05) is 5.32 Å². The number of non-ortho nitro benzene ring substituents is 1. The fraction of sp³-hybridized carbons (Fsp3) is 0.158. The number of hydrogen-bond donors (Lipinski definition) is 1. The molecule has 0 saturated carbocycles. The van der Waals surface area contributed by atoms with E-state index in [0.717, 1.165) is 11.3 Å². The van der Waals surface area contributed by atoms with E-state index in [1.807, 2.05) is 13.8 Å². The molecule has 0 bridgehead atoms. The molecule has 1 aromatic heterocycles. The Morgan fingerprint density at radius 3 is 2.59 bits per heavy atom. The highest BCUT2D eigenvalue weighted by atomic mass is 16.6. The van der Waals surface area contributed by atoms with E-state index in [-0.39, 0.29) is 11.6 Å². The molecule has 1 amide bonds. The number of carbonyl (C=O) groups excluding carboxylic acids is 1. The molecule has 0 radical (unpaired) electrons. The van der Waals surface area contributed by atoms with Crippen molar-refractivity contribution >= 4 is 17.3 Å². The predicted octanol–water partition coefficient (Wildman–Crippen LogP) is 4.03. The molecule has 138 valence electrons. The highest BCUT2D eigenvalue weighted by Crippen LogP contribution is 2.20. The fourth-order valence-corrected chi connectivity index (χ4v) is 2.47. The third-order valence-corrected chi connectivity index (χ3v) is 4.00. The normalized spacial score (nSPS) is 10.4. The minimum absolute atomic E-state index is 0.0872. The van der Waals surface area contributed by atoms with Crippen molar-refractivity contribution in [1.82, 2.24) is 5.16 Å². The first-order valence-corrected chi connectivity index (χ1v) is 8.14. The van der Waals surface area contributed by atoms with Crippen molar-refractivity contribution in [1.29, 1.82) is 0 Å². The van der Waals surface area contributed by atoms with Crippen LogP contribution in [0, 0.1) is 24.0 Å². The van der Waals surface area contributed by atoms with Crippen LogP contribution in [0.3, 0.4) is 0 Å². The Hall–Kier alpha value is -3.68. The molecule has 0 fully saturated rings. The molecule has 0 aliphatic carbocycles. The lowest BCUT2D eigenvalue weighted by Gasteiger charge is -2.08. The summed E-state index contributed by atoms with van der Waals surface area (Å²) in [6.45, 7) is 3.98. The van der Waals surface area contributed by atoms with Gasteiger partial charge in [-0.25, -0.2) is 0 Å². The number of nitro benzene ring substituents is 1. The van der Waals surface area contributed by atoms with Crippen LogP contribution in [0.1, 0.15) is 27.4 Å². The Bertz CT molecular complexity index is 960. The molecule has 8 heteroatoms. The summed E-state index contributed by atoms with van der Waals surface area (Å²) >= 11 is 0. The molecule has 1 N–H and O–H groups in total. The van der Waals surface area contributed by atoms with Gasteiger partial charge in [-0.3, -0.25) is 14.9 Å². The number of benzene rings is 2. The maximum Gasteiger partial charge on any atom is 0.271 e. The molecule has 2 aromatic carbocycles. The lowest BCUT2D eigenvalue weighted by Crippen LogP contribution is -2.11. The second kappa shape index (κ2) is 7.69. The molecule has 0 atom stereocenters. The standard InChI is InChI=1S/C19H17N3O5/c1-12-18(13(2)27-21-12)11-26-17-8-6-14(7-9-17)19(23)20-15-4-3-5-16(10-15)22(24)25/h3-10H,11H2,1-2H3,(H,20,23). The molecule has 3 rings (SSSR count). The Morgan fingerprint density at radius 1 is 1.22 bits per heavy atom. The van der Waals surface area contributed by atoms with Crippen molar-refractivity contribution in [3.8, 4) is 5.75 Å². The topological polar surface area (TPSA) is 108 Å². The number of carbonyl (C=O) groups is 1. The highest BCUT2D eigenvalue weighted by molar-refractivity contribution is 6.04.